The Morgan fingerprint density at radius 3 is 2.58 bits per heavy atom. The van der Waals surface area contributed by atoms with Crippen LogP contribution in [0.25, 0.3) is 5.76 Å². The second-order valence-corrected chi connectivity index (χ2v) is 7.91. The predicted octanol–water partition coefficient (Wildman–Crippen LogP) is 3.84. The number of carbonyl (C=O) groups is 2. The van der Waals surface area contributed by atoms with Gasteiger partial charge in [-0.05, 0) is 49.2 Å². The highest BCUT2D eigenvalue weighted by Crippen LogP contribution is 2.40. The third kappa shape index (κ3) is 4.61. The second kappa shape index (κ2) is 9.87. The summed E-state index contributed by atoms with van der Waals surface area (Å²) < 4.78 is 7.35. The average Bonchev–Trinajstić information content (AvgIpc) is 3.43. The molecule has 3 aromatic rings. The normalized spacial score (nSPS) is 17.5. The number of aryl methyl sites for hydroxylation is 1. The molecular weight excluding hydrogens is 444 g/mol. The van der Waals surface area contributed by atoms with Crippen molar-refractivity contribution in [2.45, 2.75) is 25.9 Å². The number of amides is 1. The minimum atomic E-state index is -0.735. The predicted molar refractivity (Wildman–Crippen MR) is 123 cm³/mol. The zero-order valence-electron chi connectivity index (χ0n) is 18.0. The zero-order chi connectivity index (χ0) is 23.4. The van der Waals surface area contributed by atoms with Crippen LogP contribution in [-0.4, -0.2) is 49.4 Å². The minimum Gasteiger partial charge on any atom is -0.507 e. The van der Waals surface area contributed by atoms with Crippen molar-refractivity contribution < 1.29 is 19.4 Å². The number of ether oxygens (including phenoxy) is 1. The number of imidazole rings is 1. The number of Topliss-reactive ketones (excluding diaryl/α,β-unsaturated/α-hetero) is 1. The number of ketones is 1. The van der Waals surface area contributed by atoms with E-state index in [0.29, 0.717) is 48.0 Å². The number of halogens is 1. The number of pyridine rings is 1. The van der Waals surface area contributed by atoms with Gasteiger partial charge in [-0.1, -0.05) is 11.6 Å². The summed E-state index contributed by atoms with van der Waals surface area (Å²) in [7, 11) is 0. The van der Waals surface area contributed by atoms with Gasteiger partial charge in [0.25, 0.3) is 11.7 Å². The van der Waals surface area contributed by atoms with Crippen LogP contribution in [0.4, 0.5) is 0 Å². The monoisotopic (exact) mass is 466 g/mol. The number of hydrogen-bond acceptors (Lipinski definition) is 6. The molecule has 8 nitrogen and oxygen atoms in total. The molecule has 2 aromatic heterocycles. The van der Waals surface area contributed by atoms with Crippen molar-refractivity contribution in [3.8, 4) is 5.75 Å². The van der Waals surface area contributed by atoms with Gasteiger partial charge in [0.15, 0.2) is 0 Å². The summed E-state index contributed by atoms with van der Waals surface area (Å²) in [5, 5.41) is 11.4. The Hall–Kier alpha value is -3.65. The van der Waals surface area contributed by atoms with E-state index in [9.17, 15) is 14.7 Å². The molecule has 0 bridgehead atoms. The molecule has 1 fully saturated rings. The molecule has 0 aliphatic carbocycles. The van der Waals surface area contributed by atoms with Gasteiger partial charge < -0.3 is 19.3 Å². The molecule has 1 amide bonds. The Morgan fingerprint density at radius 1 is 1.12 bits per heavy atom. The van der Waals surface area contributed by atoms with E-state index in [1.807, 2.05) is 17.7 Å². The molecule has 1 aliphatic rings. The smallest absolute Gasteiger partial charge is 0.295 e. The summed E-state index contributed by atoms with van der Waals surface area (Å²) in [6, 6.07) is 7.50. The lowest BCUT2D eigenvalue weighted by Gasteiger charge is -2.25. The van der Waals surface area contributed by atoms with Crippen molar-refractivity contribution in [1.29, 1.82) is 0 Å². The third-order valence-electron chi connectivity index (χ3n) is 5.44. The summed E-state index contributed by atoms with van der Waals surface area (Å²) in [6.07, 6.45) is 9.02. The van der Waals surface area contributed by atoms with Crippen LogP contribution in [0.15, 0.2) is 67.0 Å². The van der Waals surface area contributed by atoms with Crippen molar-refractivity contribution >= 4 is 29.1 Å². The lowest BCUT2D eigenvalue weighted by Crippen LogP contribution is -2.31. The molecule has 3 heterocycles. The van der Waals surface area contributed by atoms with Gasteiger partial charge in [0.2, 0.25) is 0 Å². The number of aliphatic hydroxyl groups is 1. The average molecular weight is 467 g/mol. The molecule has 1 N–H and O–H groups in total. The van der Waals surface area contributed by atoms with E-state index in [4.69, 9.17) is 16.3 Å². The molecule has 1 saturated heterocycles. The van der Waals surface area contributed by atoms with Crippen molar-refractivity contribution in [3.63, 3.8) is 0 Å². The van der Waals surface area contributed by atoms with Gasteiger partial charge in [-0.15, -0.1) is 0 Å². The quantitative estimate of drug-likeness (QED) is 0.308. The molecular formula is C24H23ClN4O4. The molecule has 4 rings (SSSR count). The number of rotatable bonds is 8. The summed E-state index contributed by atoms with van der Waals surface area (Å²) in [4.78, 5) is 35.6. The van der Waals surface area contributed by atoms with Gasteiger partial charge in [0.1, 0.15) is 11.5 Å². The molecule has 1 atom stereocenters. The van der Waals surface area contributed by atoms with Crippen molar-refractivity contribution in [2.75, 3.05) is 13.2 Å². The number of carbonyl (C=O) groups excluding carboxylic acids is 2. The number of nitrogens with zero attached hydrogens (tertiary/aromatic N) is 4. The summed E-state index contributed by atoms with van der Waals surface area (Å²) in [6.45, 7) is 3.25. The van der Waals surface area contributed by atoms with Crippen molar-refractivity contribution in [3.05, 3.63) is 83.2 Å². The van der Waals surface area contributed by atoms with Gasteiger partial charge in [0, 0.05) is 43.4 Å². The van der Waals surface area contributed by atoms with Crippen LogP contribution in [0.2, 0.25) is 5.02 Å². The van der Waals surface area contributed by atoms with E-state index in [1.165, 1.54) is 11.0 Å². The maximum absolute atomic E-state index is 13.1. The lowest BCUT2D eigenvalue weighted by atomic mass is 9.96. The third-order valence-corrected chi connectivity index (χ3v) is 5.74. The summed E-state index contributed by atoms with van der Waals surface area (Å²) in [5.41, 5.74) is 1.04. The van der Waals surface area contributed by atoms with E-state index >= 15 is 0 Å². The van der Waals surface area contributed by atoms with Crippen molar-refractivity contribution in [1.82, 2.24) is 19.4 Å². The number of aromatic nitrogens is 3. The topological polar surface area (TPSA) is 97.6 Å². The number of benzene rings is 1. The van der Waals surface area contributed by atoms with Crippen LogP contribution >= 0.6 is 11.6 Å². The largest absolute Gasteiger partial charge is 0.507 e. The molecule has 0 spiro atoms. The first kappa shape index (κ1) is 22.5. The van der Waals surface area contributed by atoms with Gasteiger partial charge >= 0.3 is 0 Å². The molecule has 1 unspecified atom stereocenters. The van der Waals surface area contributed by atoms with Crippen LogP contribution < -0.4 is 4.74 Å². The molecule has 0 saturated carbocycles. The fourth-order valence-electron chi connectivity index (χ4n) is 3.92. The molecule has 170 valence electrons. The highest BCUT2D eigenvalue weighted by Gasteiger charge is 2.45. The van der Waals surface area contributed by atoms with E-state index in [-0.39, 0.29) is 11.3 Å². The van der Waals surface area contributed by atoms with Crippen LogP contribution in [0.1, 0.15) is 30.5 Å². The standard InChI is InChI=1S/C24H23ClN4O4/c1-2-33-19-5-4-17(14-18(19)25)22(30)20-21(16-6-8-26-9-7-16)29(24(32)23(20)31)12-3-11-28-13-10-27-15-28/h4-10,13-15,21,30H,2-3,11-12H2,1H3/b22-20+. The molecule has 1 aliphatic heterocycles. The van der Waals surface area contributed by atoms with Crippen LogP contribution in [0, 0.1) is 0 Å². The summed E-state index contributed by atoms with van der Waals surface area (Å²) >= 11 is 6.29. The fourth-order valence-corrected chi connectivity index (χ4v) is 4.16. The molecule has 9 heteroatoms. The van der Waals surface area contributed by atoms with Crippen LogP contribution in [-0.2, 0) is 16.1 Å². The molecule has 33 heavy (non-hydrogen) atoms. The second-order valence-electron chi connectivity index (χ2n) is 7.51. The highest BCUT2D eigenvalue weighted by atomic mass is 35.5. The Balaban J connectivity index is 1.71. The SMILES string of the molecule is CCOc1ccc(/C(O)=C2\C(=O)C(=O)N(CCCn3ccnc3)C2c2ccncc2)cc1Cl. The Labute approximate surface area is 196 Å². The van der Waals surface area contributed by atoms with Gasteiger partial charge in [0.05, 0.1) is 29.6 Å². The highest BCUT2D eigenvalue weighted by molar-refractivity contribution is 6.46. The van der Waals surface area contributed by atoms with Gasteiger partial charge in [-0.3, -0.25) is 14.6 Å². The van der Waals surface area contributed by atoms with Crippen LogP contribution in [0.3, 0.4) is 0 Å². The first-order chi connectivity index (χ1) is 16.0. The minimum absolute atomic E-state index is 0.0223. The fraction of sp³-hybridized carbons (Fsp3) is 0.250. The zero-order valence-corrected chi connectivity index (χ0v) is 18.8. The number of aliphatic hydroxyl groups excluding tert-OH is 1. The maximum atomic E-state index is 13.1. The van der Waals surface area contributed by atoms with E-state index in [0.717, 1.165) is 0 Å². The maximum Gasteiger partial charge on any atom is 0.295 e. The van der Waals surface area contributed by atoms with Gasteiger partial charge in [-0.25, -0.2) is 4.98 Å². The van der Waals surface area contributed by atoms with Crippen LogP contribution in [0.5, 0.6) is 5.75 Å². The molecule has 0 radical (unpaired) electrons. The van der Waals surface area contributed by atoms with Gasteiger partial charge in [-0.2, -0.15) is 0 Å². The van der Waals surface area contributed by atoms with Crippen molar-refractivity contribution in [2.24, 2.45) is 0 Å². The Bertz CT molecular complexity index is 1180. The Morgan fingerprint density at radius 2 is 1.91 bits per heavy atom. The molecule has 1 aromatic carbocycles. The van der Waals surface area contributed by atoms with E-state index in [1.54, 1.807) is 49.2 Å². The number of hydrogen-bond donors (Lipinski definition) is 1. The first-order valence-electron chi connectivity index (χ1n) is 10.6. The number of likely N-dealkylation sites (tertiary alicyclic amines) is 1. The first-order valence-corrected chi connectivity index (χ1v) is 11.0. The Kier molecular flexibility index (Phi) is 6.74. The summed E-state index contributed by atoms with van der Waals surface area (Å²) in [5.74, 6) is -1.19. The van der Waals surface area contributed by atoms with E-state index < -0.39 is 17.7 Å². The lowest BCUT2D eigenvalue weighted by molar-refractivity contribution is -0.139. The van der Waals surface area contributed by atoms with E-state index in [2.05, 4.69) is 9.97 Å².